The molecular weight excluding hydrogens is 280 g/mol. The summed E-state index contributed by atoms with van der Waals surface area (Å²) in [6.45, 7) is 4.77. The number of hydrogen-bond donors (Lipinski definition) is 2. The highest BCUT2D eigenvalue weighted by molar-refractivity contribution is 7.99. The van der Waals surface area contributed by atoms with E-state index >= 15 is 0 Å². The van der Waals surface area contributed by atoms with Crippen molar-refractivity contribution in [2.75, 3.05) is 12.3 Å². The van der Waals surface area contributed by atoms with Gasteiger partial charge in [-0.2, -0.15) is 0 Å². The normalized spacial score (nSPS) is 22.0. The first-order valence-corrected chi connectivity index (χ1v) is 8.82. The van der Waals surface area contributed by atoms with Crippen LogP contribution in [-0.4, -0.2) is 30.3 Å². The summed E-state index contributed by atoms with van der Waals surface area (Å²) in [4.78, 5) is 12.4. The Morgan fingerprint density at radius 1 is 1.14 bits per heavy atom. The van der Waals surface area contributed by atoms with Crippen molar-refractivity contribution in [3.8, 4) is 0 Å². The molecule has 0 aromatic heterocycles. The van der Waals surface area contributed by atoms with Crippen LogP contribution in [0.4, 0.5) is 0 Å². The summed E-state index contributed by atoms with van der Waals surface area (Å²) in [6.07, 6.45) is 4.53. The molecule has 0 bridgehead atoms. The average Bonchev–Trinajstić information content (AvgIpc) is 2.46. The maximum atomic E-state index is 11.0. The lowest BCUT2D eigenvalue weighted by Gasteiger charge is -2.29. The maximum Gasteiger partial charge on any atom is 0.217 e. The second kappa shape index (κ2) is 8.44. The van der Waals surface area contributed by atoms with Crippen molar-refractivity contribution in [1.29, 1.82) is 0 Å². The Kier molecular flexibility index (Phi) is 6.58. The van der Waals surface area contributed by atoms with Crippen molar-refractivity contribution in [3.63, 3.8) is 0 Å². The molecule has 1 fully saturated rings. The van der Waals surface area contributed by atoms with Crippen LogP contribution in [0.15, 0.2) is 29.2 Å². The smallest absolute Gasteiger partial charge is 0.217 e. The fourth-order valence-electron chi connectivity index (χ4n) is 2.80. The number of aryl methyl sites for hydroxylation is 1. The van der Waals surface area contributed by atoms with Gasteiger partial charge >= 0.3 is 0 Å². The summed E-state index contributed by atoms with van der Waals surface area (Å²) in [5, 5.41) is 6.67. The van der Waals surface area contributed by atoms with E-state index in [1.807, 2.05) is 11.8 Å². The minimum Gasteiger partial charge on any atom is -0.354 e. The van der Waals surface area contributed by atoms with Crippen LogP contribution >= 0.6 is 11.8 Å². The van der Waals surface area contributed by atoms with Crippen molar-refractivity contribution in [2.45, 2.75) is 56.5 Å². The standard InChI is InChI=1S/C17H26N2OS/c1-13-3-9-17(10-4-13)21-12-11-18-15-5-7-16(8-6-15)19-14(2)20/h3-4,9-10,15-16,18H,5-8,11-12H2,1-2H3,(H,19,20). The van der Waals surface area contributed by atoms with Gasteiger partial charge in [-0.05, 0) is 44.7 Å². The largest absolute Gasteiger partial charge is 0.354 e. The van der Waals surface area contributed by atoms with Crippen LogP contribution in [0.2, 0.25) is 0 Å². The number of carbonyl (C=O) groups is 1. The van der Waals surface area contributed by atoms with Gasteiger partial charge in [0.05, 0.1) is 0 Å². The number of carbonyl (C=O) groups excluding carboxylic acids is 1. The third kappa shape index (κ3) is 6.10. The molecule has 1 aliphatic rings. The van der Waals surface area contributed by atoms with Gasteiger partial charge in [-0.1, -0.05) is 17.7 Å². The molecule has 1 amide bonds. The van der Waals surface area contributed by atoms with E-state index in [0.717, 1.165) is 25.1 Å². The van der Waals surface area contributed by atoms with E-state index in [9.17, 15) is 4.79 Å². The Bertz CT molecular complexity index is 439. The number of rotatable bonds is 6. The van der Waals surface area contributed by atoms with Crippen LogP contribution in [0.3, 0.4) is 0 Å². The molecule has 21 heavy (non-hydrogen) atoms. The molecule has 4 heteroatoms. The molecule has 1 aliphatic carbocycles. The molecule has 116 valence electrons. The van der Waals surface area contributed by atoms with E-state index in [4.69, 9.17) is 0 Å². The predicted octanol–water partition coefficient (Wildman–Crippen LogP) is 3.12. The second-order valence-corrected chi connectivity index (χ2v) is 7.03. The lowest BCUT2D eigenvalue weighted by Crippen LogP contribution is -2.41. The summed E-state index contributed by atoms with van der Waals surface area (Å²) in [7, 11) is 0. The molecule has 1 aromatic rings. The van der Waals surface area contributed by atoms with Crippen LogP contribution in [0.5, 0.6) is 0 Å². The summed E-state index contributed by atoms with van der Waals surface area (Å²) < 4.78 is 0. The molecule has 0 unspecified atom stereocenters. The Labute approximate surface area is 132 Å². The van der Waals surface area contributed by atoms with Gasteiger partial charge in [0, 0.05) is 36.2 Å². The van der Waals surface area contributed by atoms with Gasteiger partial charge in [0.25, 0.3) is 0 Å². The van der Waals surface area contributed by atoms with Gasteiger partial charge in [-0.3, -0.25) is 4.79 Å². The third-order valence-electron chi connectivity index (χ3n) is 3.96. The number of benzene rings is 1. The Morgan fingerprint density at radius 2 is 1.76 bits per heavy atom. The van der Waals surface area contributed by atoms with Crippen molar-refractivity contribution in [1.82, 2.24) is 10.6 Å². The summed E-state index contributed by atoms with van der Waals surface area (Å²) in [5.41, 5.74) is 1.31. The predicted molar refractivity (Wildman–Crippen MR) is 89.8 cm³/mol. The highest BCUT2D eigenvalue weighted by Gasteiger charge is 2.20. The first kappa shape index (κ1) is 16.4. The Balaban J connectivity index is 1.57. The first-order chi connectivity index (χ1) is 10.1. The number of nitrogens with one attached hydrogen (secondary N) is 2. The zero-order chi connectivity index (χ0) is 15.1. The number of amides is 1. The molecule has 1 aromatic carbocycles. The molecule has 0 aliphatic heterocycles. The number of thioether (sulfide) groups is 1. The molecule has 2 rings (SSSR count). The molecule has 0 saturated heterocycles. The lowest BCUT2D eigenvalue weighted by atomic mass is 9.91. The molecule has 0 heterocycles. The van der Waals surface area contributed by atoms with E-state index in [2.05, 4.69) is 41.8 Å². The fraction of sp³-hybridized carbons (Fsp3) is 0.588. The van der Waals surface area contributed by atoms with Gasteiger partial charge in [0.15, 0.2) is 0 Å². The van der Waals surface area contributed by atoms with E-state index < -0.39 is 0 Å². The van der Waals surface area contributed by atoms with Crippen LogP contribution in [-0.2, 0) is 4.79 Å². The van der Waals surface area contributed by atoms with Gasteiger partial charge in [-0.25, -0.2) is 0 Å². The molecule has 0 radical (unpaired) electrons. The minimum absolute atomic E-state index is 0.0981. The first-order valence-electron chi connectivity index (χ1n) is 7.83. The fourth-order valence-corrected chi connectivity index (χ4v) is 3.58. The third-order valence-corrected chi connectivity index (χ3v) is 4.97. The molecule has 1 saturated carbocycles. The van der Waals surface area contributed by atoms with Crippen LogP contribution in [0, 0.1) is 6.92 Å². The van der Waals surface area contributed by atoms with E-state index in [1.165, 1.54) is 23.3 Å². The second-order valence-electron chi connectivity index (χ2n) is 5.86. The van der Waals surface area contributed by atoms with E-state index in [-0.39, 0.29) is 5.91 Å². The quantitative estimate of drug-likeness (QED) is 0.627. The number of hydrogen-bond acceptors (Lipinski definition) is 3. The van der Waals surface area contributed by atoms with Crippen LogP contribution in [0.25, 0.3) is 0 Å². The van der Waals surface area contributed by atoms with E-state index in [1.54, 1.807) is 6.92 Å². The average molecular weight is 306 g/mol. The van der Waals surface area contributed by atoms with Crippen LogP contribution in [0.1, 0.15) is 38.2 Å². The van der Waals surface area contributed by atoms with Crippen molar-refractivity contribution in [2.24, 2.45) is 0 Å². The zero-order valence-corrected chi connectivity index (χ0v) is 13.8. The highest BCUT2D eigenvalue weighted by atomic mass is 32.2. The van der Waals surface area contributed by atoms with Gasteiger partial charge in [0.1, 0.15) is 0 Å². The summed E-state index contributed by atoms with van der Waals surface area (Å²) in [5.74, 6) is 1.20. The molecule has 0 spiro atoms. The van der Waals surface area contributed by atoms with Crippen LogP contribution < -0.4 is 10.6 Å². The molecule has 3 nitrogen and oxygen atoms in total. The maximum absolute atomic E-state index is 11.0. The van der Waals surface area contributed by atoms with Gasteiger partial charge in [0.2, 0.25) is 5.91 Å². The topological polar surface area (TPSA) is 41.1 Å². The Hall–Kier alpha value is -1.00. The molecular formula is C17H26N2OS. The lowest BCUT2D eigenvalue weighted by molar-refractivity contribution is -0.119. The molecule has 0 atom stereocenters. The zero-order valence-electron chi connectivity index (χ0n) is 13.0. The van der Waals surface area contributed by atoms with Gasteiger partial charge in [-0.15, -0.1) is 11.8 Å². The summed E-state index contributed by atoms with van der Waals surface area (Å²) in [6, 6.07) is 9.73. The van der Waals surface area contributed by atoms with Crippen molar-refractivity contribution >= 4 is 17.7 Å². The molecule has 2 N–H and O–H groups in total. The van der Waals surface area contributed by atoms with Crippen molar-refractivity contribution in [3.05, 3.63) is 29.8 Å². The summed E-state index contributed by atoms with van der Waals surface area (Å²) >= 11 is 1.91. The minimum atomic E-state index is 0.0981. The van der Waals surface area contributed by atoms with E-state index in [0.29, 0.717) is 12.1 Å². The SMILES string of the molecule is CC(=O)NC1CCC(NCCSc2ccc(C)cc2)CC1. The Morgan fingerprint density at radius 3 is 2.38 bits per heavy atom. The van der Waals surface area contributed by atoms with Crippen molar-refractivity contribution < 1.29 is 4.79 Å². The highest BCUT2D eigenvalue weighted by Crippen LogP contribution is 2.20. The van der Waals surface area contributed by atoms with Gasteiger partial charge < -0.3 is 10.6 Å². The monoisotopic (exact) mass is 306 g/mol.